The number of carbonyl (C=O) groups is 1. The summed E-state index contributed by atoms with van der Waals surface area (Å²) in [5, 5.41) is 3.00. The number of aryl methyl sites for hydroxylation is 1. The number of rotatable bonds is 2. The van der Waals surface area contributed by atoms with Gasteiger partial charge in [0.1, 0.15) is 0 Å². The molecule has 2 rings (SSSR count). The number of amides is 1. The third kappa shape index (κ3) is 2.89. The van der Waals surface area contributed by atoms with Crippen molar-refractivity contribution >= 4 is 39.1 Å². The molecule has 0 atom stereocenters. The fourth-order valence-corrected chi connectivity index (χ4v) is 2.08. The molecule has 92 valence electrons. The molecular weight excluding hydrogens is 316 g/mol. The zero-order valence-electron chi connectivity index (χ0n) is 9.58. The molecule has 18 heavy (non-hydrogen) atoms. The number of hydrogen-bond donors (Lipinski definition) is 1. The number of anilines is 1. The van der Waals surface area contributed by atoms with Crippen LogP contribution in [0.2, 0.25) is 5.15 Å². The average Bonchev–Trinajstić information content (AvgIpc) is 2.35. The van der Waals surface area contributed by atoms with Crippen LogP contribution in [0.15, 0.2) is 41.0 Å². The van der Waals surface area contributed by atoms with Gasteiger partial charge < -0.3 is 5.32 Å². The molecule has 0 unspecified atom stereocenters. The summed E-state index contributed by atoms with van der Waals surface area (Å²) in [5.41, 5.74) is 2.08. The molecule has 0 aliphatic heterocycles. The first kappa shape index (κ1) is 13.1. The number of nitrogens with zero attached hydrogens (tertiary/aromatic N) is 1. The van der Waals surface area contributed by atoms with Gasteiger partial charge in [-0.05, 0) is 47.1 Å². The van der Waals surface area contributed by atoms with E-state index in [1.165, 1.54) is 0 Å². The van der Waals surface area contributed by atoms with Crippen molar-refractivity contribution in [2.75, 3.05) is 5.32 Å². The van der Waals surface area contributed by atoms with E-state index in [1.54, 1.807) is 18.3 Å². The fourth-order valence-electron chi connectivity index (χ4n) is 1.48. The highest BCUT2D eigenvalue weighted by molar-refractivity contribution is 9.10. The van der Waals surface area contributed by atoms with Crippen LogP contribution in [0.4, 0.5) is 5.69 Å². The Morgan fingerprint density at radius 1 is 1.39 bits per heavy atom. The zero-order valence-corrected chi connectivity index (χ0v) is 11.9. The quantitative estimate of drug-likeness (QED) is 0.846. The summed E-state index contributed by atoms with van der Waals surface area (Å²) in [6.07, 6.45) is 1.57. The minimum atomic E-state index is -0.222. The van der Waals surface area contributed by atoms with Gasteiger partial charge in [-0.2, -0.15) is 0 Å². The first-order valence-corrected chi connectivity index (χ1v) is 6.43. The molecule has 0 bridgehead atoms. The second-order valence-corrected chi connectivity index (χ2v) is 4.99. The van der Waals surface area contributed by atoms with Gasteiger partial charge in [0.05, 0.1) is 11.3 Å². The summed E-state index contributed by atoms with van der Waals surface area (Å²) < 4.78 is 0.741. The number of aromatic nitrogens is 1. The van der Waals surface area contributed by atoms with Gasteiger partial charge >= 0.3 is 0 Å². The molecule has 1 N–H and O–H groups in total. The van der Waals surface area contributed by atoms with Crippen molar-refractivity contribution in [3.05, 3.63) is 57.3 Å². The number of hydrogen-bond acceptors (Lipinski definition) is 2. The molecule has 0 aliphatic rings. The molecule has 5 heteroatoms. The van der Waals surface area contributed by atoms with Crippen LogP contribution in [-0.4, -0.2) is 10.9 Å². The van der Waals surface area contributed by atoms with Crippen LogP contribution < -0.4 is 5.32 Å². The highest BCUT2D eigenvalue weighted by atomic mass is 79.9. The summed E-state index contributed by atoms with van der Waals surface area (Å²) in [5.74, 6) is -0.222. The van der Waals surface area contributed by atoms with Crippen LogP contribution in [0.3, 0.4) is 0 Å². The van der Waals surface area contributed by atoms with Gasteiger partial charge in [-0.15, -0.1) is 0 Å². The lowest BCUT2D eigenvalue weighted by atomic mass is 10.1. The highest BCUT2D eigenvalue weighted by Gasteiger charge is 2.12. The summed E-state index contributed by atoms with van der Waals surface area (Å²) in [7, 11) is 0. The Hall–Kier alpha value is -1.39. The number of pyridine rings is 1. The van der Waals surface area contributed by atoms with E-state index in [4.69, 9.17) is 11.6 Å². The Morgan fingerprint density at radius 2 is 2.17 bits per heavy atom. The Bertz CT molecular complexity index is 601. The van der Waals surface area contributed by atoms with Crippen molar-refractivity contribution in [3.8, 4) is 0 Å². The molecule has 1 heterocycles. The third-order valence-electron chi connectivity index (χ3n) is 2.37. The Labute approximate surface area is 118 Å². The highest BCUT2D eigenvalue weighted by Crippen LogP contribution is 2.22. The maximum absolute atomic E-state index is 12.1. The Morgan fingerprint density at radius 3 is 2.89 bits per heavy atom. The lowest BCUT2D eigenvalue weighted by molar-refractivity contribution is 0.102. The molecule has 1 aromatic carbocycles. The molecule has 0 spiro atoms. The summed E-state index contributed by atoms with van der Waals surface area (Å²) >= 11 is 9.24. The average molecular weight is 326 g/mol. The Balaban J connectivity index is 2.28. The molecule has 0 saturated carbocycles. The Kier molecular flexibility index (Phi) is 3.99. The maximum Gasteiger partial charge on any atom is 0.256 e. The second kappa shape index (κ2) is 5.50. The minimum Gasteiger partial charge on any atom is -0.319 e. The van der Waals surface area contributed by atoms with Gasteiger partial charge in [0, 0.05) is 10.7 Å². The van der Waals surface area contributed by atoms with Crippen molar-refractivity contribution in [1.29, 1.82) is 0 Å². The SMILES string of the molecule is Cc1ccc(Br)c(C(=O)Nc2cccnc2Cl)c1. The predicted molar refractivity (Wildman–Crippen MR) is 76.1 cm³/mol. The largest absolute Gasteiger partial charge is 0.319 e. The minimum absolute atomic E-state index is 0.222. The fraction of sp³-hybridized carbons (Fsp3) is 0.0769. The van der Waals surface area contributed by atoms with E-state index in [1.807, 2.05) is 25.1 Å². The standard InChI is InChI=1S/C13H10BrClN2O/c1-8-4-5-10(14)9(7-8)13(18)17-11-3-2-6-16-12(11)15/h2-7H,1H3,(H,17,18). The van der Waals surface area contributed by atoms with Crippen LogP contribution in [0.25, 0.3) is 0 Å². The van der Waals surface area contributed by atoms with Gasteiger partial charge in [0.2, 0.25) is 0 Å². The molecule has 2 aromatic rings. The van der Waals surface area contributed by atoms with Crippen LogP contribution in [0.1, 0.15) is 15.9 Å². The van der Waals surface area contributed by atoms with Crippen molar-refractivity contribution in [2.24, 2.45) is 0 Å². The topological polar surface area (TPSA) is 42.0 Å². The molecular formula is C13H10BrClN2O. The number of benzene rings is 1. The lowest BCUT2D eigenvalue weighted by Crippen LogP contribution is -2.13. The van der Waals surface area contributed by atoms with Gasteiger partial charge in [-0.3, -0.25) is 4.79 Å². The number of nitrogens with one attached hydrogen (secondary N) is 1. The molecule has 1 amide bonds. The summed E-state index contributed by atoms with van der Waals surface area (Å²) in [6.45, 7) is 1.93. The monoisotopic (exact) mass is 324 g/mol. The van der Waals surface area contributed by atoms with Gasteiger partial charge in [0.25, 0.3) is 5.91 Å². The van der Waals surface area contributed by atoms with E-state index < -0.39 is 0 Å². The van der Waals surface area contributed by atoms with E-state index >= 15 is 0 Å². The molecule has 3 nitrogen and oxygen atoms in total. The lowest BCUT2D eigenvalue weighted by Gasteiger charge is -2.08. The van der Waals surface area contributed by atoms with Crippen LogP contribution >= 0.6 is 27.5 Å². The molecule has 0 radical (unpaired) electrons. The summed E-state index contributed by atoms with van der Waals surface area (Å²) in [6, 6.07) is 9.00. The summed E-state index contributed by atoms with van der Waals surface area (Å²) in [4.78, 5) is 16.0. The van der Waals surface area contributed by atoms with E-state index in [2.05, 4.69) is 26.2 Å². The van der Waals surface area contributed by atoms with E-state index in [0.717, 1.165) is 10.0 Å². The maximum atomic E-state index is 12.1. The molecule has 0 aliphatic carbocycles. The van der Waals surface area contributed by atoms with Crippen molar-refractivity contribution in [1.82, 2.24) is 4.98 Å². The molecule has 0 saturated heterocycles. The number of halogens is 2. The molecule has 0 fully saturated rings. The van der Waals surface area contributed by atoms with Crippen molar-refractivity contribution in [3.63, 3.8) is 0 Å². The smallest absolute Gasteiger partial charge is 0.256 e. The van der Waals surface area contributed by atoms with Crippen LogP contribution in [-0.2, 0) is 0 Å². The van der Waals surface area contributed by atoms with Gasteiger partial charge in [-0.1, -0.05) is 23.2 Å². The van der Waals surface area contributed by atoms with Gasteiger partial charge in [0.15, 0.2) is 5.15 Å². The zero-order chi connectivity index (χ0) is 13.1. The first-order valence-electron chi connectivity index (χ1n) is 5.26. The molecule has 1 aromatic heterocycles. The predicted octanol–water partition coefficient (Wildman–Crippen LogP) is 4.06. The van der Waals surface area contributed by atoms with Crippen LogP contribution in [0.5, 0.6) is 0 Å². The van der Waals surface area contributed by atoms with Crippen LogP contribution in [0, 0.1) is 6.92 Å². The van der Waals surface area contributed by atoms with Crippen molar-refractivity contribution < 1.29 is 4.79 Å². The normalized spacial score (nSPS) is 10.2. The third-order valence-corrected chi connectivity index (χ3v) is 3.37. The van der Waals surface area contributed by atoms with E-state index in [9.17, 15) is 4.79 Å². The van der Waals surface area contributed by atoms with E-state index in [0.29, 0.717) is 11.3 Å². The van der Waals surface area contributed by atoms with Gasteiger partial charge in [-0.25, -0.2) is 4.98 Å². The first-order chi connectivity index (χ1) is 8.58. The number of carbonyl (C=O) groups excluding carboxylic acids is 1. The van der Waals surface area contributed by atoms with E-state index in [-0.39, 0.29) is 11.1 Å². The second-order valence-electron chi connectivity index (χ2n) is 3.78. The van der Waals surface area contributed by atoms with Crippen molar-refractivity contribution in [2.45, 2.75) is 6.92 Å².